The SMILES string of the molecule is CN(C)C(=O)C(C)(C)c1nc(-c2ccc(OCCNCC(O)c3ccc(Cl)nc3)cc2)co1. The summed E-state index contributed by atoms with van der Waals surface area (Å²) in [5.41, 5.74) is 1.37. The molecule has 176 valence electrons. The van der Waals surface area contributed by atoms with Crippen LogP contribution in [0.4, 0.5) is 0 Å². The molecule has 2 N–H and O–H groups in total. The number of pyridine rings is 1. The Bertz CT molecular complexity index is 1050. The lowest BCUT2D eigenvalue weighted by atomic mass is 9.91. The Labute approximate surface area is 198 Å². The molecule has 1 atom stereocenters. The Morgan fingerprint density at radius 3 is 2.61 bits per heavy atom. The number of nitrogens with one attached hydrogen (secondary N) is 1. The lowest BCUT2D eigenvalue weighted by molar-refractivity contribution is -0.134. The van der Waals surface area contributed by atoms with Crippen LogP contribution in [0.5, 0.6) is 5.75 Å². The number of oxazole rings is 1. The van der Waals surface area contributed by atoms with Gasteiger partial charge in [-0.05, 0) is 44.2 Å². The van der Waals surface area contributed by atoms with Crippen molar-refractivity contribution in [3.8, 4) is 17.0 Å². The lowest BCUT2D eigenvalue weighted by Gasteiger charge is -2.23. The second-order valence-corrected chi connectivity index (χ2v) is 8.76. The summed E-state index contributed by atoms with van der Waals surface area (Å²) in [4.78, 5) is 22.4. The maximum absolute atomic E-state index is 12.4. The number of ether oxygens (including phenoxy) is 1. The number of nitrogens with zero attached hydrogens (tertiary/aromatic N) is 3. The van der Waals surface area contributed by atoms with Gasteiger partial charge in [0.05, 0.1) is 6.10 Å². The quantitative estimate of drug-likeness (QED) is 0.344. The molecule has 0 saturated heterocycles. The van der Waals surface area contributed by atoms with Crippen LogP contribution in [0.3, 0.4) is 0 Å². The third-order valence-corrected chi connectivity index (χ3v) is 5.37. The van der Waals surface area contributed by atoms with Gasteiger partial charge < -0.3 is 24.5 Å². The summed E-state index contributed by atoms with van der Waals surface area (Å²) in [6.45, 7) is 4.98. The highest BCUT2D eigenvalue weighted by Crippen LogP contribution is 2.28. The van der Waals surface area contributed by atoms with Gasteiger partial charge in [-0.1, -0.05) is 17.7 Å². The summed E-state index contributed by atoms with van der Waals surface area (Å²) in [5.74, 6) is 1.01. The van der Waals surface area contributed by atoms with E-state index in [-0.39, 0.29) is 5.91 Å². The van der Waals surface area contributed by atoms with E-state index in [1.54, 1.807) is 52.5 Å². The molecule has 0 spiro atoms. The number of carbonyl (C=O) groups is 1. The molecule has 1 unspecified atom stereocenters. The van der Waals surface area contributed by atoms with E-state index in [0.717, 1.165) is 11.3 Å². The number of hydrogen-bond acceptors (Lipinski definition) is 7. The van der Waals surface area contributed by atoms with Crippen LogP contribution < -0.4 is 10.1 Å². The van der Waals surface area contributed by atoms with Crippen molar-refractivity contribution in [1.29, 1.82) is 0 Å². The minimum Gasteiger partial charge on any atom is -0.492 e. The van der Waals surface area contributed by atoms with Crippen LogP contribution >= 0.6 is 11.6 Å². The molecule has 2 heterocycles. The summed E-state index contributed by atoms with van der Waals surface area (Å²) >= 11 is 5.76. The van der Waals surface area contributed by atoms with Gasteiger partial charge in [-0.2, -0.15) is 0 Å². The molecule has 3 rings (SSSR count). The van der Waals surface area contributed by atoms with Gasteiger partial charge in [-0.25, -0.2) is 9.97 Å². The van der Waals surface area contributed by atoms with Gasteiger partial charge in [0, 0.05) is 44.5 Å². The Morgan fingerprint density at radius 2 is 1.97 bits per heavy atom. The Balaban J connectivity index is 1.47. The van der Waals surface area contributed by atoms with E-state index in [2.05, 4.69) is 15.3 Å². The number of amides is 1. The van der Waals surface area contributed by atoms with E-state index in [4.69, 9.17) is 20.8 Å². The largest absolute Gasteiger partial charge is 0.492 e. The number of rotatable bonds is 10. The zero-order valence-corrected chi connectivity index (χ0v) is 20.0. The fourth-order valence-electron chi connectivity index (χ4n) is 3.25. The molecule has 0 fully saturated rings. The van der Waals surface area contributed by atoms with Crippen LogP contribution in [0.1, 0.15) is 31.4 Å². The average Bonchev–Trinajstić information content (AvgIpc) is 3.30. The molecule has 1 amide bonds. The number of halogens is 1. The Morgan fingerprint density at radius 1 is 1.24 bits per heavy atom. The van der Waals surface area contributed by atoms with Crippen molar-refractivity contribution in [3.63, 3.8) is 0 Å². The molecular weight excluding hydrogens is 444 g/mol. The molecule has 2 aromatic heterocycles. The molecule has 33 heavy (non-hydrogen) atoms. The van der Waals surface area contributed by atoms with Gasteiger partial charge in [0.25, 0.3) is 0 Å². The topological polar surface area (TPSA) is 101 Å². The van der Waals surface area contributed by atoms with E-state index in [1.165, 1.54) is 4.90 Å². The number of carbonyl (C=O) groups excluding carboxylic acids is 1. The first-order valence-corrected chi connectivity index (χ1v) is 11.0. The minimum absolute atomic E-state index is 0.0781. The highest BCUT2D eigenvalue weighted by Gasteiger charge is 2.36. The second kappa shape index (κ2) is 10.8. The second-order valence-electron chi connectivity index (χ2n) is 8.37. The fraction of sp³-hybridized carbons (Fsp3) is 0.375. The standard InChI is InChI=1S/C24H29ClN4O4/c1-24(2,23(31)29(3)4)22-28-19(15-33-22)16-5-8-18(9-6-16)32-12-11-26-14-20(30)17-7-10-21(25)27-13-17/h5-10,13,15,20,26,30H,11-12,14H2,1-4H3. The third-order valence-electron chi connectivity index (χ3n) is 5.15. The molecule has 3 aromatic rings. The molecule has 9 heteroatoms. The molecule has 1 aromatic carbocycles. The summed E-state index contributed by atoms with van der Waals surface area (Å²) in [6.07, 6.45) is 2.45. The zero-order valence-electron chi connectivity index (χ0n) is 19.2. The van der Waals surface area contributed by atoms with Crippen molar-refractivity contribution in [2.45, 2.75) is 25.4 Å². The van der Waals surface area contributed by atoms with Gasteiger partial charge in [0.1, 0.15) is 34.9 Å². The van der Waals surface area contributed by atoms with Gasteiger partial charge in [-0.3, -0.25) is 4.79 Å². The van der Waals surface area contributed by atoms with Crippen molar-refractivity contribution in [3.05, 3.63) is 65.5 Å². The molecule has 0 aliphatic rings. The number of aliphatic hydroxyl groups is 1. The van der Waals surface area contributed by atoms with Crippen molar-refractivity contribution in [2.24, 2.45) is 0 Å². The van der Waals surface area contributed by atoms with E-state index < -0.39 is 11.5 Å². The predicted octanol–water partition coefficient (Wildman–Crippen LogP) is 3.46. The molecule has 8 nitrogen and oxygen atoms in total. The lowest BCUT2D eigenvalue weighted by Crippen LogP contribution is -2.39. The summed E-state index contributed by atoms with van der Waals surface area (Å²) < 4.78 is 11.4. The molecule has 0 aliphatic heterocycles. The van der Waals surface area contributed by atoms with Gasteiger partial charge in [0.2, 0.25) is 11.8 Å². The average molecular weight is 473 g/mol. The summed E-state index contributed by atoms with van der Waals surface area (Å²) in [7, 11) is 3.42. The van der Waals surface area contributed by atoms with Crippen LogP contribution in [0, 0.1) is 0 Å². The zero-order chi connectivity index (χ0) is 24.0. The number of benzene rings is 1. The first kappa shape index (κ1) is 24.7. The van der Waals surface area contributed by atoms with Crippen LogP contribution in [0.15, 0.2) is 53.3 Å². The summed E-state index contributed by atoms with van der Waals surface area (Å²) in [6, 6.07) is 10.9. The molecule has 0 bridgehead atoms. The fourth-order valence-corrected chi connectivity index (χ4v) is 3.36. The Hall–Kier alpha value is -2.94. The molecular formula is C24H29ClN4O4. The van der Waals surface area contributed by atoms with Gasteiger partial charge in [-0.15, -0.1) is 0 Å². The van der Waals surface area contributed by atoms with Crippen LogP contribution in [0.25, 0.3) is 11.3 Å². The third kappa shape index (κ3) is 6.31. The van der Waals surface area contributed by atoms with Crippen LogP contribution in [-0.4, -0.2) is 59.7 Å². The highest BCUT2D eigenvalue weighted by molar-refractivity contribution is 6.29. The van der Waals surface area contributed by atoms with E-state index >= 15 is 0 Å². The van der Waals surface area contributed by atoms with Crippen LogP contribution in [-0.2, 0) is 10.2 Å². The maximum atomic E-state index is 12.4. The first-order valence-electron chi connectivity index (χ1n) is 10.6. The first-order chi connectivity index (χ1) is 15.7. The smallest absolute Gasteiger partial charge is 0.237 e. The number of aliphatic hydroxyl groups excluding tert-OH is 1. The molecule has 0 aliphatic carbocycles. The van der Waals surface area contributed by atoms with E-state index in [1.807, 2.05) is 24.3 Å². The van der Waals surface area contributed by atoms with E-state index in [0.29, 0.717) is 42.0 Å². The number of hydrogen-bond donors (Lipinski definition) is 2. The van der Waals surface area contributed by atoms with Crippen molar-refractivity contribution < 1.29 is 19.1 Å². The minimum atomic E-state index is -0.852. The molecule has 0 saturated carbocycles. The maximum Gasteiger partial charge on any atom is 0.237 e. The van der Waals surface area contributed by atoms with Gasteiger partial charge >= 0.3 is 0 Å². The molecule has 0 radical (unpaired) electrons. The number of aromatic nitrogens is 2. The van der Waals surface area contributed by atoms with Crippen molar-refractivity contribution in [1.82, 2.24) is 20.2 Å². The van der Waals surface area contributed by atoms with Crippen LogP contribution in [0.2, 0.25) is 5.15 Å². The van der Waals surface area contributed by atoms with Crippen molar-refractivity contribution >= 4 is 17.5 Å². The normalized spacial score (nSPS) is 12.4. The van der Waals surface area contributed by atoms with Gasteiger partial charge in [0.15, 0.2) is 0 Å². The summed E-state index contributed by atoms with van der Waals surface area (Å²) in [5, 5.41) is 13.7. The monoisotopic (exact) mass is 472 g/mol. The van der Waals surface area contributed by atoms with E-state index in [9.17, 15) is 9.90 Å². The predicted molar refractivity (Wildman–Crippen MR) is 126 cm³/mol. The number of likely N-dealkylation sites (N-methyl/N-ethyl adjacent to an activating group) is 1. The Kier molecular flexibility index (Phi) is 8.07. The highest BCUT2D eigenvalue weighted by atomic mass is 35.5. The van der Waals surface area contributed by atoms with Crippen molar-refractivity contribution in [2.75, 3.05) is 33.8 Å².